The summed E-state index contributed by atoms with van der Waals surface area (Å²) in [6.45, 7) is 30.9. The van der Waals surface area contributed by atoms with Gasteiger partial charge in [-0.2, -0.15) is 0 Å². The van der Waals surface area contributed by atoms with Crippen molar-refractivity contribution >= 4 is 114 Å². The van der Waals surface area contributed by atoms with Crippen molar-refractivity contribution in [2.45, 2.75) is 246 Å². The monoisotopic (exact) mass is 1930 g/mol. The third kappa shape index (κ3) is 28.3. The number of thioether (sulfide) groups is 2. The Morgan fingerprint density at radius 1 is 0.676 bits per heavy atom. The van der Waals surface area contributed by atoms with Gasteiger partial charge in [-0.25, -0.2) is 4.79 Å². The summed E-state index contributed by atoms with van der Waals surface area (Å²) in [6.07, 6.45) is 8.21. The van der Waals surface area contributed by atoms with Gasteiger partial charge in [0.15, 0.2) is 30.4 Å². The van der Waals surface area contributed by atoms with Crippen molar-refractivity contribution in [1.82, 2.24) is 45.8 Å². The number of amides is 10. The third-order valence-electron chi connectivity index (χ3n) is 27.1. The number of unbranched alkanes of at least 4 members (excludes halogenated alkanes) is 2. The highest BCUT2D eigenvalue weighted by atomic mass is 32.2. The molecule has 7 N–H and O–H groups in total. The molecule has 4 fully saturated rings. The predicted molar refractivity (Wildman–Crippen MR) is 526 cm³/mol. The quantitative estimate of drug-likeness (QED) is 0.0174. The normalized spacial score (nSPS) is 21.4. The number of likely N-dealkylation sites (N-methyl/N-ethyl adjacent to an activating group) is 2. The standard InChI is InChI=1S/C99H149BN12O22S2/c1-19-34-98(12)99(21-3,60-100-101)136-89(88(135-98)92(118)102-35-42-131-47-45-130-41-33-82(114)112-59-69-49-64(9)58-111(69)95(121)71-52-77(126-16)79(54-75(71)112)134-39-27-23-26-38-133-78-53-72-70(51-76(78)125-15)94(120)110-57-63(8)48-68(110)56-104-72)93(119)103-36-43-132-46-44-129-40-32-81(113)107(13)85(62(6)7)91(117)106-84(61(4)5)96(122)108(14)86(65(10)20-2)80(127-17)55-83(115)109-37-28-31-74(109)87(128-18)66(11)90(116)105-73(97(123)124)50-67-29-24-22-25-30-67/h22,24-25,29-30,51-54,56,61-62,65-66,68-69,73-74,80,84-89,100H,8-9,19-21,23,26-28,31-50,55,57-60,101H2,1-7,10-18H3,(H,102,118)(H,103,119)(H,105,116)(H,106,117)(H,123,124)/t65-,66+,68-,69-,73-,74-,80+,84-,85-,86-,87+,88?,89?,98?,99?/m0/s1. The van der Waals surface area contributed by atoms with Crippen LogP contribution < -0.4 is 50.8 Å². The van der Waals surface area contributed by atoms with E-state index in [0.717, 1.165) is 42.4 Å². The lowest BCUT2D eigenvalue weighted by molar-refractivity contribution is -0.149. The van der Waals surface area contributed by atoms with Crippen LogP contribution in [0, 0.1) is 23.7 Å². The molecule has 0 spiro atoms. The molecule has 3 aromatic carbocycles. The fraction of sp³-hybridized carbons (Fsp3) is 0.657. The Balaban J connectivity index is 0.694. The molecule has 4 saturated heterocycles. The summed E-state index contributed by atoms with van der Waals surface area (Å²) in [6, 6.07) is 11.0. The summed E-state index contributed by atoms with van der Waals surface area (Å²) in [5, 5.41) is 20.3. The van der Waals surface area contributed by atoms with Crippen LogP contribution in [0.4, 0.5) is 11.4 Å². The molecule has 3 aromatic rings. The van der Waals surface area contributed by atoms with E-state index in [0.29, 0.717) is 137 Å². The number of aliphatic imine (C=N–C) groups is 1. The van der Waals surface area contributed by atoms with Gasteiger partial charge in [0, 0.05) is 102 Å². The van der Waals surface area contributed by atoms with Crippen LogP contribution in [0.15, 0.2) is 83.9 Å². The second-order valence-electron chi connectivity index (χ2n) is 37.2. The Kier molecular flexibility index (Phi) is 43.1. The fourth-order valence-electron chi connectivity index (χ4n) is 19.4. The number of ether oxygens (including phenoxy) is 10. The zero-order chi connectivity index (χ0) is 99.3. The Bertz CT molecular complexity index is 4610. The molecule has 0 aliphatic carbocycles. The van der Waals surface area contributed by atoms with Gasteiger partial charge in [-0.05, 0) is 106 Å². The number of nitrogens with one attached hydrogen (secondary N) is 4. The number of methoxy groups -OCH3 is 4. The molecular weight excluding hydrogens is 1780 g/mol. The van der Waals surface area contributed by atoms with Gasteiger partial charge < -0.3 is 109 Å². The average Bonchev–Trinajstić information content (AvgIpc) is 1.15. The maximum Gasteiger partial charge on any atom is 0.326 e. The van der Waals surface area contributed by atoms with Crippen LogP contribution in [0.5, 0.6) is 23.0 Å². The van der Waals surface area contributed by atoms with Crippen molar-refractivity contribution in [1.29, 1.82) is 0 Å². The van der Waals surface area contributed by atoms with E-state index in [2.05, 4.69) is 60.2 Å². The Morgan fingerprint density at radius 2 is 1.27 bits per heavy atom. The zero-order valence-electron chi connectivity index (χ0n) is 82.7. The largest absolute Gasteiger partial charge is 0.493 e. The van der Waals surface area contributed by atoms with E-state index in [1.807, 2.05) is 47.6 Å². The maximum absolute atomic E-state index is 14.9. The molecule has 0 aromatic heterocycles. The summed E-state index contributed by atoms with van der Waals surface area (Å²) in [5.74, 6) is -4.61. The number of likely N-dealkylation sites (tertiary alicyclic amines) is 1. The van der Waals surface area contributed by atoms with E-state index in [1.165, 1.54) is 56.9 Å². The van der Waals surface area contributed by atoms with Crippen LogP contribution >= 0.6 is 23.5 Å². The van der Waals surface area contributed by atoms with Gasteiger partial charge in [0.1, 0.15) is 28.6 Å². The van der Waals surface area contributed by atoms with E-state index in [1.54, 1.807) is 100 Å². The molecule has 6 aliphatic rings. The Hall–Kier alpha value is -9.34. The predicted octanol–water partition coefficient (Wildman–Crippen LogP) is 9.02. The summed E-state index contributed by atoms with van der Waals surface area (Å²) < 4.78 is 58.8. The van der Waals surface area contributed by atoms with Crippen molar-refractivity contribution in [3.63, 3.8) is 0 Å². The van der Waals surface area contributed by atoms with E-state index in [9.17, 15) is 57.8 Å². The van der Waals surface area contributed by atoms with Crippen LogP contribution in [-0.2, 0) is 78.0 Å². The number of hydrogen-bond acceptors (Lipinski definition) is 25. The lowest BCUT2D eigenvalue weighted by atomic mass is 9.72. The molecule has 136 heavy (non-hydrogen) atoms. The molecule has 15 atom stereocenters. The van der Waals surface area contributed by atoms with Crippen LogP contribution in [0.3, 0.4) is 0 Å². The van der Waals surface area contributed by atoms with Crippen molar-refractivity contribution in [2.24, 2.45) is 34.3 Å². The number of carbonyl (C=O) groups is 11. The number of anilines is 1. The van der Waals surface area contributed by atoms with Gasteiger partial charge in [-0.3, -0.25) is 52.9 Å². The number of nitrogens with two attached hydrogens (primary N) is 1. The van der Waals surface area contributed by atoms with Gasteiger partial charge in [-0.15, -0.1) is 23.5 Å². The van der Waals surface area contributed by atoms with Crippen molar-refractivity contribution < 1.29 is 105 Å². The van der Waals surface area contributed by atoms with Gasteiger partial charge in [0.25, 0.3) is 11.8 Å². The molecule has 34 nitrogen and oxygen atoms in total. The van der Waals surface area contributed by atoms with Gasteiger partial charge in [0.2, 0.25) is 47.3 Å². The first-order chi connectivity index (χ1) is 65.1. The van der Waals surface area contributed by atoms with Crippen LogP contribution in [0.2, 0.25) is 6.32 Å². The molecular formula is C99H149BN12O22S2. The summed E-state index contributed by atoms with van der Waals surface area (Å²) in [7, 11) is 9.60. The smallest absolute Gasteiger partial charge is 0.326 e. The Morgan fingerprint density at radius 3 is 1.85 bits per heavy atom. The zero-order valence-corrected chi connectivity index (χ0v) is 84.4. The van der Waals surface area contributed by atoms with E-state index >= 15 is 0 Å². The molecule has 4 unspecified atom stereocenters. The molecule has 9 rings (SSSR count). The second kappa shape index (κ2) is 53.2. The average molecular weight is 1930 g/mol. The minimum Gasteiger partial charge on any atom is -0.493 e. The number of fused-ring (bicyclic) bond motifs is 4. The van der Waals surface area contributed by atoms with E-state index in [4.69, 9.17) is 53.0 Å². The molecule has 6 heterocycles. The number of benzene rings is 3. The molecule has 752 valence electrons. The summed E-state index contributed by atoms with van der Waals surface area (Å²) in [4.78, 5) is 169. The number of aliphatic carboxylic acids is 1. The second-order valence-corrected chi connectivity index (χ2v) is 40.3. The van der Waals surface area contributed by atoms with Crippen molar-refractivity contribution in [3.05, 3.63) is 95.6 Å². The van der Waals surface area contributed by atoms with Crippen LogP contribution in [0.1, 0.15) is 185 Å². The first-order valence-electron chi connectivity index (χ1n) is 48.3. The summed E-state index contributed by atoms with van der Waals surface area (Å²) in [5.41, 5.74) is 10.6. The Labute approximate surface area is 812 Å². The van der Waals surface area contributed by atoms with Crippen LogP contribution in [-0.4, -0.2) is 331 Å². The van der Waals surface area contributed by atoms with Crippen molar-refractivity contribution in [2.75, 3.05) is 153 Å². The van der Waals surface area contributed by atoms with E-state index < -0.39 is 97.9 Å². The number of carboxylic acids is 1. The lowest BCUT2D eigenvalue weighted by Crippen LogP contribution is -2.60. The van der Waals surface area contributed by atoms with Gasteiger partial charge in [-0.1, -0.05) is 130 Å². The maximum atomic E-state index is 14.9. The third-order valence-corrected chi connectivity index (χ3v) is 31.4. The highest BCUT2D eigenvalue weighted by Crippen LogP contribution is 2.60. The number of rotatable bonds is 56. The first kappa shape index (κ1) is 110. The topological polar surface area (TPSA) is 406 Å². The molecule has 10 amide bonds. The summed E-state index contributed by atoms with van der Waals surface area (Å²) >= 11 is 3.05. The molecule has 6 aliphatic heterocycles. The van der Waals surface area contributed by atoms with Crippen molar-refractivity contribution in [3.8, 4) is 23.0 Å². The highest BCUT2D eigenvalue weighted by Gasteiger charge is 2.58. The lowest BCUT2D eigenvalue weighted by Gasteiger charge is -2.55. The number of carbonyl (C=O) groups excluding carboxylic acids is 10. The van der Waals surface area contributed by atoms with Gasteiger partial charge >= 0.3 is 5.97 Å². The molecule has 0 bridgehead atoms. The molecule has 37 heteroatoms. The highest BCUT2D eigenvalue weighted by molar-refractivity contribution is 8.09. The SMILES string of the molecule is C=C1C[C@H]2CN(C(=O)CCOCCOCCNC(=O)C3SC(C)(CCC)C(CC)(CBN)SC3C(=O)NCCOCCOCCC(=O)N(C)[C@H](C(=O)N[C@H](C(=O)N(C)[C@@H]([C@@H](C)CC)[C@@H](CC(=O)N3CCC[C@H]3[C@H](OC)[C@@H](C)C(=O)N[C@@H](Cc3ccccc3)C(=O)O)OC)C(C)C)C(C)C)c3cc(OCCCCCOc4cc5c(cc4OC)C(=O)N4CC(=C)C[C@H]4C=N5)c(OC)cc3C(=O)N2C1. The minimum absolute atomic E-state index is 0.000882. The fourth-order valence-corrected chi connectivity index (χ4v) is 23.5. The number of nitrogens with zero attached hydrogens (tertiary/aromatic N) is 7. The molecule has 0 saturated carbocycles. The first-order valence-corrected chi connectivity index (χ1v) is 50.0. The van der Waals surface area contributed by atoms with Crippen LogP contribution in [0.25, 0.3) is 0 Å². The number of carboxylic acid groups (broad SMARTS) is 1. The van der Waals surface area contributed by atoms with Gasteiger partial charge in [0.05, 0.1) is 164 Å². The molecule has 0 radical (unpaired) electrons. The van der Waals surface area contributed by atoms with E-state index in [-0.39, 0.29) is 163 Å². The number of hydrogen-bond donors (Lipinski definition) is 6. The minimum atomic E-state index is -1.19.